The van der Waals surface area contributed by atoms with E-state index >= 15 is 0 Å². The van der Waals surface area contributed by atoms with Crippen LogP contribution in [0.5, 0.6) is 0 Å². The molecule has 0 fully saturated rings. The van der Waals surface area contributed by atoms with Gasteiger partial charge in [-0.3, -0.25) is 10.1 Å². The number of carbonyl (C=O) groups is 1. The molecule has 0 aliphatic heterocycles. The molecule has 1 amide bonds. The Morgan fingerprint density at radius 2 is 1.89 bits per heavy atom. The van der Waals surface area contributed by atoms with E-state index < -0.39 is 23.2 Å². The summed E-state index contributed by atoms with van der Waals surface area (Å²) in [4.78, 5) is 22.4. The molecule has 144 valence electrons. The van der Waals surface area contributed by atoms with Crippen molar-refractivity contribution in [3.63, 3.8) is 0 Å². The summed E-state index contributed by atoms with van der Waals surface area (Å²) in [6, 6.07) is 12.1. The fourth-order valence-electron chi connectivity index (χ4n) is 2.76. The van der Waals surface area contributed by atoms with Crippen molar-refractivity contribution in [1.29, 1.82) is 0 Å². The minimum Gasteiger partial charge on any atom is -0.445 e. The highest BCUT2D eigenvalue weighted by Gasteiger charge is 2.28. The van der Waals surface area contributed by atoms with Gasteiger partial charge in [-0.25, -0.2) is 4.79 Å². The van der Waals surface area contributed by atoms with Crippen molar-refractivity contribution < 1.29 is 24.7 Å². The first-order valence-electron chi connectivity index (χ1n) is 8.35. The van der Waals surface area contributed by atoms with Crippen molar-refractivity contribution in [1.82, 2.24) is 5.32 Å². The van der Waals surface area contributed by atoms with Crippen LogP contribution in [0.15, 0.2) is 42.5 Å². The molecule has 2 aromatic rings. The van der Waals surface area contributed by atoms with E-state index in [1.807, 2.05) is 18.2 Å². The Hall–Kier alpha value is -2.97. The topological polar surface area (TPSA) is 122 Å². The van der Waals surface area contributed by atoms with E-state index in [9.17, 15) is 25.1 Å². The highest BCUT2D eigenvalue weighted by atomic mass is 16.6. The van der Waals surface area contributed by atoms with Gasteiger partial charge in [-0.1, -0.05) is 36.4 Å². The summed E-state index contributed by atoms with van der Waals surface area (Å²) in [5.74, 6) is 0. The van der Waals surface area contributed by atoms with Crippen LogP contribution in [0.3, 0.4) is 0 Å². The van der Waals surface area contributed by atoms with Crippen LogP contribution in [0, 0.1) is 24.0 Å². The van der Waals surface area contributed by atoms with Crippen LogP contribution in [0.25, 0.3) is 0 Å². The number of hydrogen-bond donors (Lipinski definition) is 3. The predicted octanol–water partition coefficient (Wildman–Crippen LogP) is 2.53. The number of ether oxygens (including phenoxy) is 1. The summed E-state index contributed by atoms with van der Waals surface area (Å²) >= 11 is 0. The lowest BCUT2D eigenvalue weighted by Gasteiger charge is -2.20. The second-order valence-corrected chi connectivity index (χ2v) is 6.23. The summed E-state index contributed by atoms with van der Waals surface area (Å²) in [6.07, 6.45) is -3.73. The zero-order valence-corrected chi connectivity index (χ0v) is 15.1. The molecule has 8 heteroatoms. The summed E-state index contributed by atoms with van der Waals surface area (Å²) < 4.78 is 5.01. The average molecular weight is 374 g/mol. The summed E-state index contributed by atoms with van der Waals surface area (Å²) in [7, 11) is 0. The Balaban J connectivity index is 1.97. The molecule has 2 atom stereocenters. The van der Waals surface area contributed by atoms with E-state index in [-0.39, 0.29) is 24.4 Å². The number of aryl methyl sites for hydroxylation is 2. The Morgan fingerprint density at radius 3 is 2.52 bits per heavy atom. The van der Waals surface area contributed by atoms with Gasteiger partial charge in [-0.2, -0.15) is 0 Å². The molecule has 27 heavy (non-hydrogen) atoms. The van der Waals surface area contributed by atoms with Crippen LogP contribution in [0.2, 0.25) is 0 Å². The van der Waals surface area contributed by atoms with E-state index in [1.54, 1.807) is 32.0 Å². The molecule has 2 unspecified atom stereocenters. The quantitative estimate of drug-likeness (QED) is 0.506. The van der Waals surface area contributed by atoms with Crippen molar-refractivity contribution in [3.05, 3.63) is 74.8 Å². The fraction of sp³-hybridized carbons (Fsp3) is 0.316. The standard InChI is InChI=1S/C19H22N2O6/c1-12-8-13(2)17(15(9-12)21(25)26)18(23)16(22)10-20-19(24)27-11-14-6-4-3-5-7-14/h3-9,16,18,22-23H,10-11H2,1-2H3,(H,20,24). The molecule has 0 heterocycles. The molecule has 0 radical (unpaired) electrons. The largest absolute Gasteiger partial charge is 0.445 e. The number of benzene rings is 2. The van der Waals surface area contributed by atoms with Crippen molar-refractivity contribution in [3.8, 4) is 0 Å². The maximum atomic E-state index is 11.7. The number of nitrogens with zero attached hydrogens (tertiary/aromatic N) is 1. The minimum absolute atomic E-state index is 0.0255. The number of nitro groups is 1. The van der Waals surface area contributed by atoms with Crippen molar-refractivity contribution in [2.75, 3.05) is 6.54 Å². The highest BCUT2D eigenvalue weighted by Crippen LogP contribution is 2.31. The molecule has 0 saturated heterocycles. The highest BCUT2D eigenvalue weighted by molar-refractivity contribution is 5.67. The van der Waals surface area contributed by atoms with Gasteiger partial charge < -0.3 is 20.3 Å². The predicted molar refractivity (Wildman–Crippen MR) is 98.2 cm³/mol. The first kappa shape index (κ1) is 20.3. The molecule has 2 aromatic carbocycles. The molecule has 0 aromatic heterocycles. The Morgan fingerprint density at radius 1 is 1.22 bits per heavy atom. The third-order valence-corrected chi connectivity index (χ3v) is 4.03. The molecular weight excluding hydrogens is 352 g/mol. The monoisotopic (exact) mass is 374 g/mol. The van der Waals surface area contributed by atoms with E-state index in [0.29, 0.717) is 11.1 Å². The molecule has 0 aliphatic rings. The molecule has 2 rings (SSSR count). The van der Waals surface area contributed by atoms with E-state index in [1.165, 1.54) is 6.07 Å². The van der Waals surface area contributed by atoms with Gasteiger partial charge in [0, 0.05) is 12.6 Å². The van der Waals surface area contributed by atoms with E-state index in [0.717, 1.165) is 5.56 Å². The van der Waals surface area contributed by atoms with Crippen molar-refractivity contribution in [2.45, 2.75) is 32.7 Å². The van der Waals surface area contributed by atoms with Crippen LogP contribution < -0.4 is 5.32 Å². The minimum atomic E-state index is -1.53. The van der Waals surface area contributed by atoms with Crippen LogP contribution in [0.4, 0.5) is 10.5 Å². The van der Waals surface area contributed by atoms with Gasteiger partial charge in [-0.15, -0.1) is 0 Å². The van der Waals surface area contributed by atoms with Gasteiger partial charge in [0.1, 0.15) is 18.8 Å². The smallest absolute Gasteiger partial charge is 0.407 e. The first-order chi connectivity index (χ1) is 12.8. The molecular formula is C19H22N2O6. The summed E-state index contributed by atoms with van der Waals surface area (Å²) in [5.41, 5.74) is 1.72. The van der Waals surface area contributed by atoms with Crippen LogP contribution in [0.1, 0.15) is 28.4 Å². The number of nitrogens with one attached hydrogen (secondary N) is 1. The number of nitro benzene ring substituents is 1. The molecule has 0 aliphatic carbocycles. The SMILES string of the molecule is Cc1cc(C)c(C(O)C(O)CNC(=O)OCc2ccccc2)c([N+](=O)[O-])c1. The summed E-state index contributed by atoms with van der Waals surface area (Å²) in [6.45, 7) is 3.07. The van der Waals surface area contributed by atoms with Gasteiger partial charge in [0.2, 0.25) is 0 Å². The Labute approximate surface area is 156 Å². The van der Waals surface area contributed by atoms with Crippen LogP contribution in [-0.4, -0.2) is 33.9 Å². The third-order valence-electron chi connectivity index (χ3n) is 4.03. The third kappa shape index (κ3) is 5.50. The normalized spacial score (nSPS) is 12.9. The lowest BCUT2D eigenvalue weighted by Crippen LogP contribution is -2.36. The van der Waals surface area contributed by atoms with Crippen molar-refractivity contribution >= 4 is 11.8 Å². The van der Waals surface area contributed by atoms with Gasteiger partial charge in [-0.05, 0) is 30.5 Å². The lowest BCUT2D eigenvalue weighted by atomic mass is 9.95. The maximum absolute atomic E-state index is 11.7. The van der Waals surface area contributed by atoms with Gasteiger partial charge in [0.05, 0.1) is 10.5 Å². The zero-order valence-electron chi connectivity index (χ0n) is 15.1. The van der Waals surface area contributed by atoms with E-state index in [2.05, 4.69) is 5.32 Å². The first-order valence-corrected chi connectivity index (χ1v) is 8.35. The van der Waals surface area contributed by atoms with Crippen LogP contribution >= 0.6 is 0 Å². The van der Waals surface area contributed by atoms with Gasteiger partial charge in [0.25, 0.3) is 5.69 Å². The van der Waals surface area contributed by atoms with Gasteiger partial charge in [0.15, 0.2) is 0 Å². The van der Waals surface area contributed by atoms with Gasteiger partial charge >= 0.3 is 6.09 Å². The number of hydrogen-bond acceptors (Lipinski definition) is 6. The second-order valence-electron chi connectivity index (χ2n) is 6.23. The number of carbonyl (C=O) groups excluding carboxylic acids is 1. The van der Waals surface area contributed by atoms with Crippen LogP contribution in [-0.2, 0) is 11.3 Å². The summed E-state index contributed by atoms with van der Waals surface area (Å²) in [5, 5.41) is 34.1. The zero-order chi connectivity index (χ0) is 20.0. The maximum Gasteiger partial charge on any atom is 0.407 e. The molecule has 0 spiro atoms. The average Bonchev–Trinajstić information content (AvgIpc) is 2.64. The second kappa shape index (κ2) is 9.11. The van der Waals surface area contributed by atoms with E-state index in [4.69, 9.17) is 4.74 Å². The lowest BCUT2D eigenvalue weighted by molar-refractivity contribution is -0.386. The number of alkyl carbamates (subject to hydrolysis) is 1. The van der Waals surface area contributed by atoms with Crippen molar-refractivity contribution in [2.24, 2.45) is 0 Å². The Kier molecular flexibility index (Phi) is 6.86. The Bertz CT molecular complexity index is 809. The number of amides is 1. The number of aliphatic hydroxyl groups excluding tert-OH is 2. The number of rotatable bonds is 7. The molecule has 8 nitrogen and oxygen atoms in total. The molecule has 0 bridgehead atoms. The molecule has 3 N–H and O–H groups in total. The number of aliphatic hydroxyl groups is 2. The molecule has 0 saturated carbocycles. The fourth-order valence-corrected chi connectivity index (χ4v) is 2.76.